The monoisotopic (exact) mass is 194 g/mol. The smallest absolute Gasteiger partial charge is 0.341 e. The van der Waals surface area contributed by atoms with Crippen molar-refractivity contribution in [2.24, 2.45) is 0 Å². The number of esters is 1. The minimum Gasteiger partial charge on any atom is -0.423 e. The van der Waals surface area contributed by atoms with E-state index in [-0.39, 0.29) is 6.10 Å². The number of epoxide rings is 1. The van der Waals surface area contributed by atoms with Gasteiger partial charge in [-0.3, -0.25) is 0 Å². The van der Waals surface area contributed by atoms with Crippen molar-refractivity contribution < 1.29 is 18.7 Å². The molecule has 1 aromatic rings. The van der Waals surface area contributed by atoms with Crippen LogP contribution in [0.25, 0.3) is 0 Å². The van der Waals surface area contributed by atoms with Crippen molar-refractivity contribution in [3.8, 4) is 0 Å². The average Bonchev–Trinajstić information content (AvgIpc) is 2.96. The van der Waals surface area contributed by atoms with Gasteiger partial charge in [-0.1, -0.05) is 6.07 Å². The second-order valence-electron chi connectivity index (χ2n) is 3.39. The Labute approximate surface area is 79.4 Å². The van der Waals surface area contributed by atoms with Crippen LogP contribution in [0.15, 0.2) is 18.2 Å². The molecule has 72 valence electrons. The molecule has 2 aliphatic rings. The lowest BCUT2D eigenvalue weighted by Crippen LogP contribution is -1.93. The van der Waals surface area contributed by atoms with E-state index < -0.39 is 12.3 Å². The largest absolute Gasteiger partial charge is 0.423 e. The van der Waals surface area contributed by atoms with Gasteiger partial charge in [-0.15, -0.1) is 0 Å². The number of cyclic esters (lactones) is 1. The molecule has 2 heterocycles. The molecule has 0 bridgehead atoms. The first-order chi connectivity index (χ1) is 6.75. The zero-order chi connectivity index (χ0) is 9.71. The summed E-state index contributed by atoms with van der Waals surface area (Å²) in [6, 6.07) is 5.01. The summed E-state index contributed by atoms with van der Waals surface area (Å²) < 4.78 is 22.7. The summed E-state index contributed by atoms with van der Waals surface area (Å²) in [5.41, 5.74) is 1.55. The van der Waals surface area contributed by atoms with Crippen LogP contribution in [0, 0.1) is 0 Å². The maximum Gasteiger partial charge on any atom is 0.341 e. The van der Waals surface area contributed by atoms with Gasteiger partial charge in [0.2, 0.25) is 0 Å². The quantitative estimate of drug-likeness (QED) is 0.506. The fourth-order valence-electron chi connectivity index (χ4n) is 1.62. The van der Waals surface area contributed by atoms with Crippen molar-refractivity contribution in [1.29, 1.82) is 0 Å². The molecule has 4 heteroatoms. The van der Waals surface area contributed by atoms with E-state index in [1.54, 1.807) is 18.2 Å². The van der Waals surface area contributed by atoms with Gasteiger partial charge in [-0.25, -0.2) is 4.79 Å². The molecule has 0 aliphatic carbocycles. The number of carbonyl (C=O) groups excluding carboxylic acids is 1. The Hall–Kier alpha value is -1.42. The molecule has 0 radical (unpaired) electrons. The highest BCUT2D eigenvalue weighted by atomic mass is 19.1. The summed E-state index contributed by atoms with van der Waals surface area (Å²) in [6.07, 6.45) is -1.54. The topological polar surface area (TPSA) is 38.8 Å². The fraction of sp³-hybridized carbons (Fsp3) is 0.300. The highest BCUT2D eigenvalue weighted by Crippen LogP contribution is 2.36. The number of alkyl halides is 1. The predicted molar refractivity (Wildman–Crippen MR) is 44.4 cm³/mol. The van der Waals surface area contributed by atoms with Gasteiger partial charge in [-0.2, -0.15) is 4.39 Å². The Morgan fingerprint density at radius 3 is 2.93 bits per heavy atom. The Morgan fingerprint density at radius 1 is 1.43 bits per heavy atom. The maximum atomic E-state index is 13.1. The predicted octanol–water partition coefficient (Wildman–Crippen LogP) is 1.90. The van der Waals surface area contributed by atoms with E-state index in [1.807, 2.05) is 0 Å². The van der Waals surface area contributed by atoms with Crippen LogP contribution < -0.4 is 0 Å². The second kappa shape index (κ2) is 2.54. The summed E-state index contributed by atoms with van der Waals surface area (Å²) in [5, 5.41) is 0. The molecule has 0 aromatic heterocycles. The van der Waals surface area contributed by atoms with Gasteiger partial charge in [0.05, 0.1) is 12.2 Å². The summed E-state index contributed by atoms with van der Waals surface area (Å²) >= 11 is 0. The molecular formula is C10H7FO3. The van der Waals surface area contributed by atoms with Crippen LogP contribution >= 0.6 is 0 Å². The van der Waals surface area contributed by atoms with Gasteiger partial charge in [-0.05, 0) is 17.7 Å². The zero-order valence-corrected chi connectivity index (χ0v) is 7.20. The second-order valence-corrected chi connectivity index (χ2v) is 3.39. The van der Waals surface area contributed by atoms with Gasteiger partial charge >= 0.3 is 5.97 Å². The number of ether oxygens (including phenoxy) is 2. The van der Waals surface area contributed by atoms with Crippen LogP contribution in [-0.2, 0) is 9.47 Å². The van der Waals surface area contributed by atoms with Crippen LogP contribution in [0.2, 0.25) is 0 Å². The van der Waals surface area contributed by atoms with Crippen molar-refractivity contribution in [2.45, 2.75) is 12.5 Å². The first-order valence-electron chi connectivity index (χ1n) is 4.36. The summed E-state index contributed by atoms with van der Waals surface area (Å²) in [5.74, 6) is -0.587. The molecule has 3 rings (SSSR count). The molecule has 0 spiro atoms. The summed E-state index contributed by atoms with van der Waals surface area (Å²) in [6.45, 7) is 0.671. The molecule has 1 aromatic carbocycles. The van der Waals surface area contributed by atoms with Crippen LogP contribution in [0.1, 0.15) is 33.9 Å². The summed E-state index contributed by atoms with van der Waals surface area (Å²) in [7, 11) is 0. The SMILES string of the molecule is O=C1OC(F)c2cc(C3CO3)ccc21. The number of fused-ring (bicyclic) bond motifs is 1. The number of hydrogen-bond acceptors (Lipinski definition) is 3. The van der Waals surface area contributed by atoms with E-state index in [2.05, 4.69) is 4.74 Å². The highest BCUT2D eigenvalue weighted by Gasteiger charge is 2.33. The van der Waals surface area contributed by atoms with E-state index in [0.29, 0.717) is 17.7 Å². The van der Waals surface area contributed by atoms with Crippen LogP contribution in [0.5, 0.6) is 0 Å². The van der Waals surface area contributed by atoms with E-state index in [9.17, 15) is 9.18 Å². The molecule has 3 nitrogen and oxygen atoms in total. The molecular weight excluding hydrogens is 187 g/mol. The van der Waals surface area contributed by atoms with Gasteiger partial charge < -0.3 is 9.47 Å². The first-order valence-corrected chi connectivity index (χ1v) is 4.36. The van der Waals surface area contributed by atoms with E-state index in [0.717, 1.165) is 5.56 Å². The Bertz CT molecular complexity index is 412. The molecule has 1 saturated heterocycles. The maximum absolute atomic E-state index is 13.1. The Kier molecular flexibility index (Phi) is 1.44. The lowest BCUT2D eigenvalue weighted by atomic mass is 10.0. The lowest BCUT2D eigenvalue weighted by Gasteiger charge is -2.00. The van der Waals surface area contributed by atoms with Gasteiger partial charge in [0.15, 0.2) is 0 Å². The highest BCUT2D eigenvalue weighted by molar-refractivity contribution is 5.93. The Balaban J connectivity index is 2.09. The standard InChI is InChI=1S/C10H7FO3/c11-9-7-3-5(8-4-13-8)1-2-6(7)10(12)14-9/h1-3,8-9H,4H2. The normalized spacial score (nSPS) is 28.5. The fourth-order valence-corrected chi connectivity index (χ4v) is 1.62. The van der Waals surface area contributed by atoms with E-state index in [1.165, 1.54) is 0 Å². The molecule has 0 amide bonds. The third kappa shape index (κ3) is 1.04. The minimum absolute atomic E-state index is 0.0724. The minimum atomic E-state index is -1.61. The molecule has 0 saturated carbocycles. The van der Waals surface area contributed by atoms with Crippen LogP contribution in [0.4, 0.5) is 4.39 Å². The van der Waals surface area contributed by atoms with E-state index >= 15 is 0 Å². The summed E-state index contributed by atoms with van der Waals surface area (Å²) in [4.78, 5) is 11.1. The Morgan fingerprint density at radius 2 is 2.21 bits per heavy atom. The van der Waals surface area contributed by atoms with Crippen molar-refractivity contribution in [3.05, 3.63) is 34.9 Å². The molecule has 14 heavy (non-hydrogen) atoms. The van der Waals surface area contributed by atoms with Crippen molar-refractivity contribution >= 4 is 5.97 Å². The third-order valence-electron chi connectivity index (χ3n) is 2.46. The van der Waals surface area contributed by atoms with Crippen LogP contribution in [-0.4, -0.2) is 12.6 Å². The number of carbonyl (C=O) groups is 1. The van der Waals surface area contributed by atoms with Gasteiger partial charge in [0.1, 0.15) is 6.10 Å². The molecule has 1 fully saturated rings. The van der Waals surface area contributed by atoms with Crippen LogP contribution in [0.3, 0.4) is 0 Å². The van der Waals surface area contributed by atoms with Crippen molar-refractivity contribution in [1.82, 2.24) is 0 Å². The number of halogens is 1. The van der Waals surface area contributed by atoms with Gasteiger partial charge in [0, 0.05) is 5.56 Å². The number of rotatable bonds is 1. The van der Waals surface area contributed by atoms with E-state index in [4.69, 9.17) is 4.74 Å². The molecule has 2 atom stereocenters. The molecule has 2 unspecified atom stereocenters. The number of hydrogen-bond donors (Lipinski definition) is 0. The first kappa shape index (κ1) is 7.94. The van der Waals surface area contributed by atoms with Gasteiger partial charge in [0.25, 0.3) is 6.36 Å². The molecule has 2 aliphatic heterocycles. The van der Waals surface area contributed by atoms with Crippen molar-refractivity contribution in [3.63, 3.8) is 0 Å². The lowest BCUT2D eigenvalue weighted by molar-refractivity contribution is -0.00369. The average molecular weight is 194 g/mol. The van der Waals surface area contributed by atoms with Crippen molar-refractivity contribution in [2.75, 3.05) is 6.61 Å². The third-order valence-corrected chi connectivity index (χ3v) is 2.46. The number of benzene rings is 1. The molecule has 0 N–H and O–H groups in total. The zero-order valence-electron chi connectivity index (χ0n) is 7.20.